The molecule has 2 aromatic rings. The lowest BCUT2D eigenvalue weighted by molar-refractivity contribution is 0.0690. The van der Waals surface area contributed by atoms with Crippen LogP contribution < -0.4 is 0 Å². The first-order valence-corrected chi connectivity index (χ1v) is 7.38. The lowest BCUT2D eigenvalue weighted by Gasteiger charge is -2.21. The zero-order valence-electron chi connectivity index (χ0n) is 12.4. The largest absolute Gasteiger partial charge is 0.478 e. The fourth-order valence-electron chi connectivity index (χ4n) is 2.36. The highest BCUT2D eigenvalue weighted by atomic mass is 19.1. The van der Waals surface area contributed by atoms with Gasteiger partial charge in [0.25, 0.3) is 5.91 Å². The van der Waals surface area contributed by atoms with Crippen LogP contribution in [0.25, 0.3) is 0 Å². The van der Waals surface area contributed by atoms with Crippen LogP contribution in [0.1, 0.15) is 39.3 Å². The number of rotatable bonds is 6. The Kier molecular flexibility index (Phi) is 4.14. The molecule has 0 bridgehead atoms. The smallest absolute Gasteiger partial charge is 0.338 e. The molecule has 0 aliphatic heterocycles. The third kappa shape index (κ3) is 3.77. The minimum absolute atomic E-state index is 0.00478. The second-order valence-electron chi connectivity index (χ2n) is 5.76. The maximum Gasteiger partial charge on any atom is 0.338 e. The highest BCUT2D eigenvalue weighted by molar-refractivity contribution is 5.95. The number of carbonyl (C=O) groups excluding carboxylic acids is 1. The van der Waals surface area contributed by atoms with E-state index in [0.29, 0.717) is 19.0 Å². The molecule has 1 saturated carbocycles. The summed E-state index contributed by atoms with van der Waals surface area (Å²) < 4.78 is 18.1. The van der Waals surface area contributed by atoms with Gasteiger partial charge in [-0.1, -0.05) is 12.1 Å². The molecule has 1 amide bonds. The number of furan rings is 1. The molecule has 0 atom stereocenters. The van der Waals surface area contributed by atoms with Crippen molar-refractivity contribution >= 4 is 11.9 Å². The summed E-state index contributed by atoms with van der Waals surface area (Å²) in [4.78, 5) is 25.1. The number of hydrogen-bond donors (Lipinski definition) is 1. The van der Waals surface area contributed by atoms with Crippen LogP contribution in [-0.4, -0.2) is 28.4 Å². The SMILES string of the molecule is O=C(O)c1coc(C(=O)N(Cc2ccc(F)cc2)CC2CC2)c1. The molecule has 0 radical (unpaired) electrons. The summed E-state index contributed by atoms with van der Waals surface area (Å²) in [5.74, 6) is -1.35. The van der Waals surface area contributed by atoms with Gasteiger partial charge in [0, 0.05) is 19.2 Å². The predicted molar refractivity (Wildman–Crippen MR) is 79.5 cm³/mol. The van der Waals surface area contributed by atoms with Crippen molar-refractivity contribution in [3.05, 3.63) is 59.3 Å². The maximum atomic E-state index is 13.0. The second-order valence-corrected chi connectivity index (χ2v) is 5.76. The normalized spacial score (nSPS) is 13.8. The third-order valence-corrected chi connectivity index (χ3v) is 3.81. The maximum absolute atomic E-state index is 13.0. The molecular weight excluding hydrogens is 301 g/mol. The van der Waals surface area contributed by atoms with Gasteiger partial charge in [0.1, 0.15) is 12.1 Å². The molecule has 6 heteroatoms. The Hall–Kier alpha value is -2.63. The van der Waals surface area contributed by atoms with E-state index in [9.17, 15) is 14.0 Å². The average Bonchev–Trinajstić information content (AvgIpc) is 3.20. The van der Waals surface area contributed by atoms with Gasteiger partial charge in [0.15, 0.2) is 5.76 Å². The molecule has 120 valence electrons. The van der Waals surface area contributed by atoms with E-state index in [1.165, 1.54) is 18.2 Å². The van der Waals surface area contributed by atoms with Gasteiger partial charge < -0.3 is 14.4 Å². The fourth-order valence-corrected chi connectivity index (χ4v) is 2.36. The topological polar surface area (TPSA) is 70.7 Å². The van der Waals surface area contributed by atoms with E-state index in [1.807, 2.05) is 0 Å². The van der Waals surface area contributed by atoms with Crippen LogP contribution in [0.5, 0.6) is 0 Å². The highest BCUT2D eigenvalue weighted by Gasteiger charge is 2.29. The molecule has 0 unspecified atom stereocenters. The summed E-state index contributed by atoms with van der Waals surface area (Å²) in [6, 6.07) is 7.20. The number of carboxylic acids is 1. The second kappa shape index (κ2) is 6.24. The molecule has 0 saturated heterocycles. The predicted octanol–water partition coefficient (Wildman–Crippen LogP) is 3.17. The molecule has 1 N–H and O–H groups in total. The summed E-state index contributed by atoms with van der Waals surface area (Å²) in [6.07, 6.45) is 3.21. The van der Waals surface area contributed by atoms with Crippen molar-refractivity contribution in [1.29, 1.82) is 0 Å². The van der Waals surface area contributed by atoms with Crippen molar-refractivity contribution in [2.24, 2.45) is 5.92 Å². The Balaban J connectivity index is 1.77. The zero-order valence-corrected chi connectivity index (χ0v) is 12.4. The zero-order chi connectivity index (χ0) is 16.4. The van der Waals surface area contributed by atoms with E-state index < -0.39 is 5.97 Å². The molecule has 0 spiro atoms. The number of benzene rings is 1. The van der Waals surface area contributed by atoms with Gasteiger partial charge in [0.05, 0.1) is 5.56 Å². The Labute approximate surface area is 132 Å². The fraction of sp³-hybridized carbons (Fsp3) is 0.294. The van der Waals surface area contributed by atoms with Crippen LogP contribution in [0.3, 0.4) is 0 Å². The number of nitrogens with zero attached hydrogens (tertiary/aromatic N) is 1. The summed E-state index contributed by atoms with van der Waals surface area (Å²) in [6.45, 7) is 0.915. The van der Waals surface area contributed by atoms with E-state index >= 15 is 0 Å². The molecule has 23 heavy (non-hydrogen) atoms. The van der Waals surface area contributed by atoms with Crippen LogP contribution in [0.4, 0.5) is 4.39 Å². The van der Waals surface area contributed by atoms with Crippen molar-refractivity contribution in [3.63, 3.8) is 0 Å². The van der Waals surface area contributed by atoms with Gasteiger partial charge in [-0.15, -0.1) is 0 Å². The van der Waals surface area contributed by atoms with E-state index in [1.54, 1.807) is 17.0 Å². The van der Waals surface area contributed by atoms with Crippen LogP contribution >= 0.6 is 0 Å². The first-order valence-electron chi connectivity index (χ1n) is 7.38. The number of aromatic carboxylic acids is 1. The minimum atomic E-state index is -1.14. The van der Waals surface area contributed by atoms with Gasteiger partial charge in [-0.3, -0.25) is 4.79 Å². The minimum Gasteiger partial charge on any atom is -0.478 e. The van der Waals surface area contributed by atoms with Gasteiger partial charge >= 0.3 is 5.97 Å². The number of carbonyl (C=O) groups is 2. The summed E-state index contributed by atoms with van der Waals surface area (Å²) >= 11 is 0. The number of halogens is 1. The average molecular weight is 317 g/mol. The Bertz CT molecular complexity index is 718. The lowest BCUT2D eigenvalue weighted by atomic mass is 10.2. The van der Waals surface area contributed by atoms with Crippen molar-refractivity contribution in [1.82, 2.24) is 4.90 Å². The van der Waals surface area contributed by atoms with Crippen LogP contribution in [0, 0.1) is 11.7 Å². The van der Waals surface area contributed by atoms with E-state index in [-0.39, 0.29) is 23.0 Å². The number of carboxylic acid groups (broad SMARTS) is 1. The van der Waals surface area contributed by atoms with Gasteiger partial charge in [0.2, 0.25) is 0 Å². The van der Waals surface area contributed by atoms with Crippen LogP contribution in [0.15, 0.2) is 41.0 Å². The quantitative estimate of drug-likeness (QED) is 0.888. The van der Waals surface area contributed by atoms with Crippen molar-refractivity contribution in [2.45, 2.75) is 19.4 Å². The van der Waals surface area contributed by atoms with Gasteiger partial charge in [-0.25, -0.2) is 9.18 Å². The molecular formula is C17H16FNO4. The van der Waals surface area contributed by atoms with Crippen molar-refractivity contribution in [2.75, 3.05) is 6.54 Å². The first-order chi connectivity index (χ1) is 11.0. The third-order valence-electron chi connectivity index (χ3n) is 3.81. The van der Waals surface area contributed by atoms with Gasteiger partial charge in [-0.05, 0) is 36.5 Å². The van der Waals surface area contributed by atoms with Crippen molar-refractivity contribution < 1.29 is 23.5 Å². The number of hydrogen-bond acceptors (Lipinski definition) is 3. The molecule has 1 aromatic carbocycles. The van der Waals surface area contributed by atoms with E-state index in [0.717, 1.165) is 24.7 Å². The summed E-state index contributed by atoms with van der Waals surface area (Å²) in [7, 11) is 0. The first kappa shape index (κ1) is 15.3. The molecule has 1 aliphatic carbocycles. The lowest BCUT2D eigenvalue weighted by Crippen LogP contribution is -2.32. The van der Waals surface area contributed by atoms with Crippen molar-refractivity contribution in [3.8, 4) is 0 Å². The molecule has 5 nitrogen and oxygen atoms in total. The summed E-state index contributed by atoms with van der Waals surface area (Å²) in [5.41, 5.74) is 0.756. The molecule has 1 fully saturated rings. The Morgan fingerprint density at radius 3 is 2.52 bits per heavy atom. The highest BCUT2D eigenvalue weighted by Crippen LogP contribution is 2.31. The van der Waals surface area contributed by atoms with Gasteiger partial charge in [-0.2, -0.15) is 0 Å². The van der Waals surface area contributed by atoms with E-state index in [2.05, 4.69) is 0 Å². The standard InChI is InChI=1S/C17H16FNO4/c18-14-5-3-12(4-6-14)9-19(8-11-1-2-11)16(20)15-7-13(10-23-15)17(21)22/h3-7,10-11H,1-2,8-9H2,(H,21,22). The summed E-state index contributed by atoms with van der Waals surface area (Å²) in [5, 5.41) is 8.91. The van der Waals surface area contributed by atoms with E-state index in [4.69, 9.17) is 9.52 Å². The molecule has 1 heterocycles. The molecule has 1 aromatic heterocycles. The number of amides is 1. The Morgan fingerprint density at radius 1 is 1.26 bits per heavy atom. The molecule has 1 aliphatic rings. The monoisotopic (exact) mass is 317 g/mol. The van der Waals surface area contributed by atoms with Crippen LogP contribution in [0.2, 0.25) is 0 Å². The molecule has 3 rings (SSSR count). The van der Waals surface area contributed by atoms with Crippen LogP contribution in [-0.2, 0) is 6.54 Å². The Morgan fingerprint density at radius 2 is 1.96 bits per heavy atom.